The normalized spacial score (nSPS) is 20.1. The molecule has 112 valence electrons. The second-order valence-electron chi connectivity index (χ2n) is 6.26. The minimum atomic E-state index is -0.833. The van der Waals surface area contributed by atoms with Gasteiger partial charge in [-0.1, -0.05) is 36.4 Å². The zero-order valence-electron chi connectivity index (χ0n) is 12.9. The molecule has 0 aromatic heterocycles. The lowest BCUT2D eigenvalue weighted by Crippen LogP contribution is -2.41. The molecule has 1 N–H and O–H groups in total. The van der Waals surface area contributed by atoms with E-state index in [1.54, 1.807) is 12.2 Å². The van der Waals surface area contributed by atoms with Crippen LogP contribution < -0.4 is 5.46 Å². The van der Waals surface area contributed by atoms with Crippen molar-refractivity contribution in [2.75, 3.05) is 0 Å². The third kappa shape index (κ3) is 3.54. The second-order valence-corrected chi connectivity index (χ2v) is 6.26. The summed E-state index contributed by atoms with van der Waals surface area (Å²) in [6.07, 6.45) is 3.45. The molecule has 0 amide bonds. The van der Waals surface area contributed by atoms with E-state index in [2.05, 4.69) is 0 Å². The molecule has 1 aromatic rings. The summed E-state index contributed by atoms with van der Waals surface area (Å²) in [6, 6.07) is 7.75. The van der Waals surface area contributed by atoms with E-state index in [-0.39, 0.29) is 24.7 Å². The fourth-order valence-electron chi connectivity index (χ4n) is 2.04. The molecule has 5 heteroatoms. The van der Waals surface area contributed by atoms with Crippen LogP contribution in [-0.4, -0.2) is 29.4 Å². The van der Waals surface area contributed by atoms with Crippen molar-refractivity contribution in [1.29, 1.82) is 0 Å². The standard InChI is InChI=1S/C16H21BO4/c1-15(2)16(3,4)21-17(20-15)13-10-8-12(9-11-13)6-5-7-14(18)19/h5-6,8-11H,7H2,1-4H3,(H,18,19)/b6-5+. The summed E-state index contributed by atoms with van der Waals surface area (Å²) >= 11 is 0. The summed E-state index contributed by atoms with van der Waals surface area (Å²) in [5, 5.41) is 8.59. The highest BCUT2D eigenvalue weighted by Crippen LogP contribution is 2.36. The summed E-state index contributed by atoms with van der Waals surface area (Å²) in [5.41, 5.74) is 1.22. The Balaban J connectivity index is 2.07. The Morgan fingerprint density at radius 2 is 1.67 bits per heavy atom. The van der Waals surface area contributed by atoms with Crippen LogP contribution in [0.25, 0.3) is 6.08 Å². The van der Waals surface area contributed by atoms with Crippen molar-refractivity contribution < 1.29 is 19.2 Å². The Hall–Kier alpha value is -1.59. The van der Waals surface area contributed by atoms with Crippen molar-refractivity contribution in [3.8, 4) is 0 Å². The van der Waals surface area contributed by atoms with Gasteiger partial charge < -0.3 is 14.4 Å². The van der Waals surface area contributed by atoms with Crippen LogP contribution >= 0.6 is 0 Å². The highest BCUT2D eigenvalue weighted by Gasteiger charge is 2.51. The fourth-order valence-corrected chi connectivity index (χ4v) is 2.04. The van der Waals surface area contributed by atoms with E-state index in [9.17, 15) is 4.79 Å². The zero-order chi connectivity index (χ0) is 15.7. The van der Waals surface area contributed by atoms with Gasteiger partial charge in [0.05, 0.1) is 17.6 Å². The van der Waals surface area contributed by atoms with E-state index in [1.807, 2.05) is 52.0 Å². The van der Waals surface area contributed by atoms with E-state index in [0.29, 0.717) is 0 Å². The Morgan fingerprint density at radius 3 is 2.14 bits per heavy atom. The minimum absolute atomic E-state index is 0.0268. The molecule has 0 radical (unpaired) electrons. The highest BCUT2D eigenvalue weighted by molar-refractivity contribution is 6.62. The van der Waals surface area contributed by atoms with Crippen LogP contribution in [0.1, 0.15) is 39.7 Å². The van der Waals surface area contributed by atoms with Gasteiger partial charge in [-0.15, -0.1) is 0 Å². The third-order valence-corrected chi connectivity index (χ3v) is 4.06. The monoisotopic (exact) mass is 288 g/mol. The van der Waals surface area contributed by atoms with Crippen molar-refractivity contribution >= 4 is 24.6 Å². The van der Waals surface area contributed by atoms with Crippen molar-refractivity contribution in [1.82, 2.24) is 0 Å². The van der Waals surface area contributed by atoms with Gasteiger partial charge in [-0.3, -0.25) is 4.79 Å². The van der Waals surface area contributed by atoms with Crippen molar-refractivity contribution in [2.24, 2.45) is 0 Å². The number of hydrogen-bond acceptors (Lipinski definition) is 3. The van der Waals surface area contributed by atoms with Gasteiger partial charge in [0.15, 0.2) is 0 Å². The first-order chi connectivity index (χ1) is 9.71. The van der Waals surface area contributed by atoms with Crippen LogP contribution in [0.3, 0.4) is 0 Å². The molecule has 0 aliphatic carbocycles. The van der Waals surface area contributed by atoms with Gasteiger partial charge in [0.2, 0.25) is 0 Å². The number of carboxylic acid groups (broad SMARTS) is 1. The van der Waals surface area contributed by atoms with E-state index in [4.69, 9.17) is 14.4 Å². The molecule has 1 saturated heterocycles. The molecular formula is C16H21BO4. The minimum Gasteiger partial charge on any atom is -0.481 e. The van der Waals surface area contributed by atoms with Crippen LogP contribution in [0.2, 0.25) is 0 Å². The Morgan fingerprint density at radius 1 is 1.14 bits per heavy atom. The van der Waals surface area contributed by atoms with Crippen molar-refractivity contribution in [3.63, 3.8) is 0 Å². The van der Waals surface area contributed by atoms with Gasteiger partial charge in [-0.2, -0.15) is 0 Å². The summed E-state index contributed by atoms with van der Waals surface area (Å²) in [4.78, 5) is 10.5. The van der Waals surface area contributed by atoms with Gasteiger partial charge in [0, 0.05) is 0 Å². The molecule has 1 aromatic carbocycles. The first kappa shape index (κ1) is 15.8. The van der Waals surface area contributed by atoms with Gasteiger partial charge in [0.25, 0.3) is 0 Å². The number of hydrogen-bond donors (Lipinski definition) is 1. The Labute approximate surface area is 125 Å². The van der Waals surface area contributed by atoms with Gasteiger partial charge in [0.1, 0.15) is 0 Å². The van der Waals surface area contributed by atoms with Crippen LogP contribution in [0, 0.1) is 0 Å². The van der Waals surface area contributed by atoms with Gasteiger partial charge in [-0.05, 0) is 38.7 Å². The number of carbonyl (C=O) groups is 1. The summed E-state index contributed by atoms with van der Waals surface area (Å²) in [5.74, 6) is -0.833. The first-order valence-corrected chi connectivity index (χ1v) is 7.05. The van der Waals surface area contributed by atoms with Gasteiger partial charge in [-0.25, -0.2) is 0 Å². The lowest BCUT2D eigenvalue weighted by atomic mass is 9.79. The molecule has 4 nitrogen and oxygen atoms in total. The van der Waals surface area contributed by atoms with Crippen LogP contribution in [-0.2, 0) is 14.1 Å². The van der Waals surface area contributed by atoms with E-state index in [0.717, 1.165) is 11.0 Å². The smallest absolute Gasteiger partial charge is 0.481 e. The van der Waals surface area contributed by atoms with Crippen LogP contribution in [0.4, 0.5) is 0 Å². The SMILES string of the molecule is CC1(C)OB(c2ccc(/C=C/CC(=O)O)cc2)OC1(C)C. The largest absolute Gasteiger partial charge is 0.494 e. The fraction of sp³-hybridized carbons (Fsp3) is 0.438. The topological polar surface area (TPSA) is 55.8 Å². The molecule has 0 spiro atoms. The zero-order valence-corrected chi connectivity index (χ0v) is 12.9. The number of rotatable bonds is 4. The predicted molar refractivity (Wildman–Crippen MR) is 83.4 cm³/mol. The maximum absolute atomic E-state index is 10.5. The van der Waals surface area contributed by atoms with E-state index >= 15 is 0 Å². The molecule has 2 rings (SSSR count). The number of carboxylic acids is 1. The molecule has 1 heterocycles. The molecule has 1 fully saturated rings. The maximum Gasteiger partial charge on any atom is 0.494 e. The molecular weight excluding hydrogens is 267 g/mol. The first-order valence-electron chi connectivity index (χ1n) is 7.05. The molecule has 0 bridgehead atoms. The van der Waals surface area contributed by atoms with E-state index < -0.39 is 5.97 Å². The Kier molecular flexibility index (Phi) is 4.26. The maximum atomic E-state index is 10.5. The average Bonchev–Trinajstić information content (AvgIpc) is 2.59. The predicted octanol–water partition coefficient (Wildman–Crippen LogP) is 2.47. The third-order valence-electron chi connectivity index (χ3n) is 4.06. The second kappa shape index (κ2) is 5.66. The summed E-state index contributed by atoms with van der Waals surface area (Å²) < 4.78 is 12.0. The lowest BCUT2D eigenvalue weighted by molar-refractivity contribution is -0.135. The molecule has 0 atom stereocenters. The molecule has 0 saturated carbocycles. The van der Waals surface area contributed by atoms with Gasteiger partial charge >= 0.3 is 13.1 Å². The molecule has 0 unspecified atom stereocenters. The number of aliphatic carboxylic acids is 1. The highest BCUT2D eigenvalue weighted by atomic mass is 16.7. The average molecular weight is 288 g/mol. The lowest BCUT2D eigenvalue weighted by Gasteiger charge is -2.32. The molecule has 21 heavy (non-hydrogen) atoms. The van der Waals surface area contributed by atoms with Crippen molar-refractivity contribution in [2.45, 2.75) is 45.3 Å². The van der Waals surface area contributed by atoms with Crippen LogP contribution in [0.5, 0.6) is 0 Å². The molecule has 1 aliphatic heterocycles. The van der Waals surface area contributed by atoms with E-state index in [1.165, 1.54) is 0 Å². The summed E-state index contributed by atoms with van der Waals surface area (Å²) in [6.45, 7) is 8.10. The number of benzene rings is 1. The molecule has 1 aliphatic rings. The summed E-state index contributed by atoms with van der Waals surface area (Å²) in [7, 11) is -0.368. The van der Waals surface area contributed by atoms with Crippen molar-refractivity contribution in [3.05, 3.63) is 35.9 Å². The quantitative estimate of drug-likeness (QED) is 0.865. The van der Waals surface area contributed by atoms with Crippen LogP contribution in [0.15, 0.2) is 30.3 Å². The Bertz CT molecular complexity index is 530.